The summed E-state index contributed by atoms with van der Waals surface area (Å²) in [4.78, 5) is 25.6. The van der Waals surface area contributed by atoms with Crippen LogP contribution in [0.25, 0.3) is 11.1 Å². The van der Waals surface area contributed by atoms with Gasteiger partial charge in [0.1, 0.15) is 11.6 Å². The van der Waals surface area contributed by atoms with Crippen molar-refractivity contribution in [2.45, 2.75) is 0 Å². The number of rotatable bonds is 7. The van der Waals surface area contributed by atoms with Crippen molar-refractivity contribution in [2.24, 2.45) is 0 Å². The second-order valence-electron chi connectivity index (χ2n) is 6.20. The van der Waals surface area contributed by atoms with E-state index < -0.39 is 30.0 Å². The molecular formula is C18H22FN3O7. The van der Waals surface area contributed by atoms with Crippen LogP contribution in [0.5, 0.6) is 5.75 Å². The highest BCUT2D eigenvalue weighted by Crippen LogP contribution is 2.25. The number of nitrogens with one attached hydrogen (secondary N) is 1. The molecule has 2 rings (SSSR count). The molecule has 29 heavy (non-hydrogen) atoms. The summed E-state index contributed by atoms with van der Waals surface area (Å²) in [5.74, 6) is -3.18. The average molecular weight is 411 g/mol. The first-order valence-corrected chi connectivity index (χ1v) is 8.25. The molecule has 0 aliphatic rings. The number of aliphatic hydroxyl groups is 3. The first kappa shape index (κ1) is 23.9. The zero-order valence-corrected chi connectivity index (χ0v) is 15.6. The van der Waals surface area contributed by atoms with E-state index in [4.69, 9.17) is 15.3 Å². The molecule has 0 aliphatic heterocycles. The van der Waals surface area contributed by atoms with Gasteiger partial charge in [-0.1, -0.05) is 12.1 Å². The molecule has 10 nitrogen and oxygen atoms in total. The second-order valence-corrected chi connectivity index (χ2v) is 6.20. The molecule has 0 atom stereocenters. The SMILES string of the molecule is C[N+](CO)(CO)CO.O=C([O-])CNC(=O)c1ncc(-c2cccc(F)c2)cc1O. The molecular weight excluding hydrogens is 389 g/mol. The largest absolute Gasteiger partial charge is 0.548 e. The van der Waals surface area contributed by atoms with E-state index in [1.807, 2.05) is 5.32 Å². The maximum absolute atomic E-state index is 13.1. The summed E-state index contributed by atoms with van der Waals surface area (Å²) in [7, 11) is 1.54. The lowest BCUT2D eigenvalue weighted by Crippen LogP contribution is -2.46. The summed E-state index contributed by atoms with van der Waals surface area (Å²) < 4.78 is 13.0. The van der Waals surface area contributed by atoms with Crippen molar-refractivity contribution >= 4 is 11.9 Å². The minimum Gasteiger partial charge on any atom is -0.548 e. The second kappa shape index (κ2) is 11.0. The molecule has 1 heterocycles. The number of carboxylic acids is 1. The number of pyridine rings is 1. The van der Waals surface area contributed by atoms with Crippen molar-refractivity contribution in [2.75, 3.05) is 33.8 Å². The fourth-order valence-corrected chi connectivity index (χ4v) is 1.82. The first-order chi connectivity index (χ1) is 13.7. The van der Waals surface area contributed by atoms with Crippen molar-refractivity contribution in [1.29, 1.82) is 0 Å². The summed E-state index contributed by atoms with van der Waals surface area (Å²) >= 11 is 0. The van der Waals surface area contributed by atoms with E-state index in [9.17, 15) is 24.2 Å². The van der Waals surface area contributed by atoms with Crippen LogP contribution in [-0.4, -0.2) is 75.6 Å². The number of quaternary nitrogens is 1. The molecule has 1 aromatic carbocycles. The van der Waals surface area contributed by atoms with Gasteiger partial charge >= 0.3 is 0 Å². The third kappa shape index (κ3) is 7.43. The molecule has 1 aromatic heterocycles. The number of aromatic nitrogens is 1. The Hall–Kier alpha value is -3.12. The quantitative estimate of drug-likeness (QED) is 0.267. The number of aromatic hydroxyl groups is 1. The Labute approximate surface area is 165 Å². The Balaban J connectivity index is 0.000000447. The van der Waals surface area contributed by atoms with Crippen molar-refractivity contribution < 1.29 is 44.0 Å². The minimum absolute atomic E-state index is 0.125. The van der Waals surface area contributed by atoms with E-state index in [0.29, 0.717) is 11.1 Å². The lowest BCUT2D eigenvalue weighted by molar-refractivity contribution is -0.959. The average Bonchev–Trinajstić information content (AvgIpc) is 2.71. The van der Waals surface area contributed by atoms with E-state index in [1.54, 1.807) is 13.1 Å². The van der Waals surface area contributed by atoms with Crippen LogP contribution < -0.4 is 10.4 Å². The zero-order valence-electron chi connectivity index (χ0n) is 15.6. The number of carbonyl (C=O) groups excluding carboxylic acids is 2. The Morgan fingerprint density at radius 2 is 1.76 bits per heavy atom. The topological polar surface area (TPSA) is 163 Å². The number of nitrogens with zero attached hydrogens (tertiary/aromatic N) is 2. The third-order valence-electron chi connectivity index (χ3n) is 3.66. The van der Waals surface area contributed by atoms with Gasteiger partial charge < -0.3 is 35.6 Å². The van der Waals surface area contributed by atoms with Crippen LogP contribution in [-0.2, 0) is 4.79 Å². The molecule has 0 aliphatic carbocycles. The molecule has 0 radical (unpaired) electrons. The van der Waals surface area contributed by atoms with Gasteiger partial charge in [-0.15, -0.1) is 0 Å². The number of benzene rings is 1. The number of aliphatic carboxylic acids is 1. The van der Waals surface area contributed by atoms with Gasteiger partial charge in [-0.05, 0) is 23.8 Å². The molecule has 2 aromatic rings. The molecule has 5 N–H and O–H groups in total. The number of amides is 1. The van der Waals surface area contributed by atoms with E-state index in [-0.39, 0.29) is 30.4 Å². The van der Waals surface area contributed by atoms with Crippen LogP contribution >= 0.6 is 0 Å². The Morgan fingerprint density at radius 3 is 2.21 bits per heavy atom. The maximum atomic E-state index is 13.1. The van der Waals surface area contributed by atoms with Crippen LogP contribution in [0, 0.1) is 5.82 Å². The van der Waals surface area contributed by atoms with Gasteiger partial charge in [0.2, 0.25) is 0 Å². The Bertz CT molecular complexity index is 836. The smallest absolute Gasteiger partial charge is 0.274 e. The fourth-order valence-electron chi connectivity index (χ4n) is 1.82. The molecule has 0 saturated heterocycles. The Kier molecular flexibility index (Phi) is 9.09. The van der Waals surface area contributed by atoms with Crippen molar-refractivity contribution in [3.8, 4) is 16.9 Å². The van der Waals surface area contributed by atoms with E-state index >= 15 is 0 Å². The summed E-state index contributed by atoms with van der Waals surface area (Å²) in [6, 6.07) is 6.90. The number of carbonyl (C=O) groups is 2. The van der Waals surface area contributed by atoms with Gasteiger partial charge in [-0.25, -0.2) is 9.37 Å². The molecule has 0 unspecified atom stereocenters. The van der Waals surface area contributed by atoms with Crippen molar-refractivity contribution in [1.82, 2.24) is 10.3 Å². The Morgan fingerprint density at radius 1 is 1.14 bits per heavy atom. The van der Waals surface area contributed by atoms with E-state index in [2.05, 4.69) is 4.98 Å². The number of hydrogen-bond acceptors (Lipinski definition) is 8. The number of halogens is 1. The molecule has 0 saturated carbocycles. The molecule has 1 amide bonds. The maximum Gasteiger partial charge on any atom is 0.274 e. The predicted molar refractivity (Wildman–Crippen MR) is 96.1 cm³/mol. The van der Waals surface area contributed by atoms with Gasteiger partial charge in [0.05, 0.1) is 19.6 Å². The molecule has 11 heteroatoms. The van der Waals surface area contributed by atoms with E-state index in [1.165, 1.54) is 30.5 Å². The molecule has 0 spiro atoms. The number of hydrogen-bond donors (Lipinski definition) is 5. The van der Waals surface area contributed by atoms with Gasteiger partial charge in [0, 0.05) is 11.8 Å². The summed E-state index contributed by atoms with van der Waals surface area (Å²) in [5.41, 5.74) is 0.583. The van der Waals surface area contributed by atoms with Crippen LogP contribution in [0.1, 0.15) is 10.5 Å². The van der Waals surface area contributed by atoms with E-state index in [0.717, 1.165) is 0 Å². The summed E-state index contributed by atoms with van der Waals surface area (Å²) in [6.07, 6.45) is 1.28. The monoisotopic (exact) mass is 411 g/mol. The van der Waals surface area contributed by atoms with Gasteiger partial charge in [0.25, 0.3) is 5.91 Å². The highest BCUT2D eigenvalue weighted by atomic mass is 19.1. The lowest BCUT2D eigenvalue weighted by atomic mass is 10.1. The van der Waals surface area contributed by atoms with Gasteiger partial charge in [0.15, 0.2) is 25.9 Å². The lowest BCUT2D eigenvalue weighted by Gasteiger charge is -2.25. The van der Waals surface area contributed by atoms with Crippen LogP contribution in [0.15, 0.2) is 36.5 Å². The highest BCUT2D eigenvalue weighted by molar-refractivity contribution is 5.96. The first-order valence-electron chi connectivity index (χ1n) is 8.25. The minimum atomic E-state index is -1.46. The van der Waals surface area contributed by atoms with Gasteiger partial charge in [-0.2, -0.15) is 0 Å². The summed E-state index contributed by atoms with van der Waals surface area (Å²) in [6.45, 7) is -1.42. The normalized spacial score (nSPS) is 10.7. The predicted octanol–water partition coefficient (Wildman–Crippen LogP) is -1.64. The van der Waals surface area contributed by atoms with Crippen LogP contribution in [0.4, 0.5) is 4.39 Å². The zero-order chi connectivity index (χ0) is 22.0. The fraction of sp³-hybridized carbons (Fsp3) is 0.278. The van der Waals surface area contributed by atoms with Crippen molar-refractivity contribution in [3.05, 3.63) is 48.0 Å². The molecule has 0 fully saturated rings. The van der Waals surface area contributed by atoms with Crippen LogP contribution in [0.3, 0.4) is 0 Å². The van der Waals surface area contributed by atoms with Gasteiger partial charge in [-0.3, -0.25) is 9.28 Å². The van der Waals surface area contributed by atoms with Crippen molar-refractivity contribution in [3.63, 3.8) is 0 Å². The molecule has 158 valence electrons. The summed E-state index contributed by atoms with van der Waals surface area (Å²) in [5, 5.41) is 47.4. The number of carboxylic acid groups (broad SMARTS) is 1. The highest BCUT2D eigenvalue weighted by Gasteiger charge is 2.15. The third-order valence-corrected chi connectivity index (χ3v) is 3.66. The van der Waals surface area contributed by atoms with Crippen LogP contribution in [0.2, 0.25) is 0 Å². The standard InChI is InChI=1S/C14H11FN2O4.C4H12NO3/c15-10-3-1-2-8(4-10)9-5-11(18)13(16-6-9)14(21)17-7-12(19)20;1-5(2-6,3-7)4-8/h1-6,18H,7H2,(H,17,21)(H,19,20);6-8H,2-4H2,1H3/q;+1/p-1. The number of aliphatic hydroxyl groups excluding tert-OH is 3. The molecule has 0 bridgehead atoms.